The molecule has 2 aromatic rings. The summed E-state index contributed by atoms with van der Waals surface area (Å²) in [5.41, 5.74) is -0.748. The minimum absolute atomic E-state index is 0.140. The van der Waals surface area contributed by atoms with Gasteiger partial charge in [-0.25, -0.2) is 13.4 Å². The Bertz CT molecular complexity index is 880. The highest BCUT2D eigenvalue weighted by Crippen LogP contribution is 2.30. The van der Waals surface area contributed by atoms with Crippen molar-refractivity contribution in [2.45, 2.75) is 11.1 Å². The first-order valence-corrected chi connectivity index (χ1v) is 9.59. The summed E-state index contributed by atoms with van der Waals surface area (Å²) < 4.78 is 65.1. The molecule has 1 fully saturated rings. The maximum atomic E-state index is 12.8. The summed E-state index contributed by atoms with van der Waals surface area (Å²) in [7, 11) is -3.66. The molecule has 0 radical (unpaired) electrons. The highest BCUT2D eigenvalue weighted by Gasteiger charge is 2.35. The number of pyridine rings is 1. The highest BCUT2D eigenvalue weighted by molar-refractivity contribution is 7.89. The number of nitrogens with one attached hydrogen (secondary N) is 1. The van der Waals surface area contributed by atoms with Gasteiger partial charge in [-0.05, 0) is 30.3 Å². The molecule has 10 heteroatoms. The van der Waals surface area contributed by atoms with Crippen molar-refractivity contribution in [1.82, 2.24) is 4.31 Å². The van der Waals surface area contributed by atoms with Gasteiger partial charge in [-0.1, -0.05) is 11.6 Å². The zero-order valence-electron chi connectivity index (χ0n) is 13.5. The van der Waals surface area contributed by atoms with Crippen LogP contribution >= 0.6 is 11.6 Å². The van der Waals surface area contributed by atoms with Crippen LogP contribution in [0.15, 0.2) is 47.5 Å². The number of nitrogens with zero attached hydrogens (tertiary/aromatic N) is 2. The lowest BCUT2D eigenvalue weighted by Gasteiger charge is -2.30. The van der Waals surface area contributed by atoms with E-state index in [1.807, 2.05) is 0 Å². The number of H-pyrrole nitrogens is 1. The van der Waals surface area contributed by atoms with Crippen LogP contribution in [0.2, 0.25) is 5.02 Å². The average Bonchev–Trinajstić information content (AvgIpc) is 2.62. The Morgan fingerprint density at radius 2 is 1.62 bits per heavy atom. The monoisotopic (exact) mass is 406 g/mol. The number of anilines is 1. The van der Waals surface area contributed by atoms with Crippen LogP contribution in [0, 0.1) is 0 Å². The number of sulfonamides is 1. The van der Waals surface area contributed by atoms with E-state index in [9.17, 15) is 21.6 Å². The summed E-state index contributed by atoms with van der Waals surface area (Å²) >= 11 is 5.78. The summed E-state index contributed by atoms with van der Waals surface area (Å²) in [5.74, 6) is 0.309. The second kappa shape index (κ2) is 7.05. The number of aromatic amines is 1. The Kier molecular flexibility index (Phi) is 5.14. The minimum Gasteiger partial charge on any atom is -0.259 e. The third-order valence-electron chi connectivity index (χ3n) is 4.14. The van der Waals surface area contributed by atoms with Gasteiger partial charge in [-0.3, -0.25) is 4.90 Å². The molecule has 1 aliphatic heterocycles. The van der Waals surface area contributed by atoms with Crippen LogP contribution in [-0.4, -0.2) is 38.9 Å². The first kappa shape index (κ1) is 18.9. The Hall–Kier alpha value is -1.84. The lowest BCUT2D eigenvalue weighted by Crippen LogP contribution is -2.50. The van der Waals surface area contributed by atoms with Crippen molar-refractivity contribution < 1.29 is 26.6 Å². The number of benzene rings is 1. The first-order valence-electron chi connectivity index (χ1n) is 7.77. The van der Waals surface area contributed by atoms with E-state index in [2.05, 4.69) is 4.98 Å². The van der Waals surface area contributed by atoms with Gasteiger partial charge in [0.05, 0.1) is 42.8 Å². The van der Waals surface area contributed by atoms with Crippen molar-refractivity contribution in [1.29, 1.82) is 0 Å². The number of hydrogen-bond donors (Lipinski definition) is 0. The van der Waals surface area contributed by atoms with E-state index >= 15 is 0 Å². The Morgan fingerprint density at radius 1 is 1.00 bits per heavy atom. The Labute approximate surface area is 154 Å². The quantitative estimate of drug-likeness (QED) is 0.787. The van der Waals surface area contributed by atoms with Crippen LogP contribution in [0.25, 0.3) is 0 Å². The zero-order chi connectivity index (χ0) is 18.9. The van der Waals surface area contributed by atoms with Crippen molar-refractivity contribution in [3.8, 4) is 0 Å². The molecule has 2 heterocycles. The van der Waals surface area contributed by atoms with Gasteiger partial charge < -0.3 is 0 Å². The van der Waals surface area contributed by atoms with E-state index in [1.54, 1.807) is 4.90 Å². The van der Waals surface area contributed by atoms with Gasteiger partial charge in [0.15, 0.2) is 0 Å². The summed E-state index contributed by atoms with van der Waals surface area (Å²) in [5, 5.41) is 0.439. The summed E-state index contributed by atoms with van der Waals surface area (Å²) in [6, 6.07) is 7.87. The number of alkyl halides is 3. The van der Waals surface area contributed by atoms with Crippen LogP contribution in [0.5, 0.6) is 0 Å². The SMILES string of the molecule is O=S(=O)(c1ccc(Cl)cc1)N1CCN(c2cc(C(F)(F)F)cc[nH+]2)CC1. The van der Waals surface area contributed by atoms with Crippen LogP contribution in [0.1, 0.15) is 5.56 Å². The second-order valence-electron chi connectivity index (χ2n) is 5.81. The van der Waals surface area contributed by atoms with Gasteiger partial charge >= 0.3 is 6.18 Å². The standard InChI is InChI=1S/C16H15ClF3N3O2S/c17-13-1-3-14(4-2-13)26(24,25)23-9-7-22(8-10-23)15-11-12(5-6-21-15)16(18,19)20/h1-6,11H,7-10H2/p+1. The predicted molar refractivity (Wildman–Crippen MR) is 90.4 cm³/mol. The molecular weight excluding hydrogens is 391 g/mol. The van der Waals surface area contributed by atoms with Crippen LogP contribution in [0.4, 0.5) is 19.0 Å². The molecule has 0 saturated carbocycles. The van der Waals surface area contributed by atoms with Gasteiger partial charge in [0.25, 0.3) is 5.82 Å². The van der Waals surface area contributed by atoms with Crippen LogP contribution in [-0.2, 0) is 16.2 Å². The van der Waals surface area contributed by atoms with E-state index in [4.69, 9.17) is 11.6 Å². The lowest BCUT2D eigenvalue weighted by molar-refractivity contribution is -0.365. The van der Waals surface area contributed by atoms with Crippen molar-refractivity contribution in [3.63, 3.8) is 0 Å². The third kappa shape index (κ3) is 3.94. The fourth-order valence-corrected chi connectivity index (χ4v) is 4.29. The highest BCUT2D eigenvalue weighted by atomic mass is 35.5. The van der Waals surface area contributed by atoms with E-state index in [0.717, 1.165) is 12.1 Å². The van der Waals surface area contributed by atoms with Crippen molar-refractivity contribution in [2.24, 2.45) is 0 Å². The first-order chi connectivity index (χ1) is 12.2. The van der Waals surface area contributed by atoms with Gasteiger partial charge in [0.1, 0.15) is 0 Å². The molecule has 26 heavy (non-hydrogen) atoms. The van der Waals surface area contributed by atoms with E-state index < -0.39 is 21.8 Å². The third-order valence-corrected chi connectivity index (χ3v) is 6.31. The Balaban J connectivity index is 1.72. The van der Waals surface area contributed by atoms with Gasteiger partial charge in [-0.15, -0.1) is 0 Å². The second-order valence-corrected chi connectivity index (χ2v) is 8.18. The van der Waals surface area contributed by atoms with Gasteiger partial charge in [-0.2, -0.15) is 17.5 Å². The molecule has 1 saturated heterocycles. The molecule has 1 aromatic carbocycles. The van der Waals surface area contributed by atoms with Crippen molar-refractivity contribution in [2.75, 3.05) is 31.1 Å². The molecule has 0 bridgehead atoms. The molecule has 0 spiro atoms. The Morgan fingerprint density at radius 3 is 2.19 bits per heavy atom. The molecule has 0 unspecified atom stereocenters. The fourth-order valence-electron chi connectivity index (χ4n) is 2.74. The lowest BCUT2D eigenvalue weighted by atomic mass is 10.2. The number of hydrogen-bond acceptors (Lipinski definition) is 3. The molecule has 1 N–H and O–H groups in total. The molecule has 0 amide bonds. The van der Waals surface area contributed by atoms with E-state index in [1.165, 1.54) is 34.8 Å². The smallest absolute Gasteiger partial charge is 0.259 e. The van der Waals surface area contributed by atoms with Crippen LogP contribution in [0.3, 0.4) is 0 Å². The number of aromatic nitrogens is 1. The average molecular weight is 407 g/mol. The number of piperazine rings is 1. The molecular formula is C16H16ClF3N3O2S+. The molecule has 1 aliphatic rings. The van der Waals surface area contributed by atoms with Gasteiger partial charge in [0, 0.05) is 11.1 Å². The molecule has 0 aliphatic carbocycles. The summed E-state index contributed by atoms with van der Waals surface area (Å²) in [6.45, 7) is 0.916. The molecule has 0 atom stereocenters. The summed E-state index contributed by atoms with van der Waals surface area (Å²) in [6.07, 6.45) is -3.20. The van der Waals surface area contributed by atoms with Crippen molar-refractivity contribution in [3.05, 3.63) is 53.2 Å². The molecule has 5 nitrogen and oxygen atoms in total. The number of halogens is 4. The largest absolute Gasteiger partial charge is 0.416 e. The van der Waals surface area contributed by atoms with Crippen LogP contribution < -0.4 is 9.88 Å². The van der Waals surface area contributed by atoms with Gasteiger partial charge in [0.2, 0.25) is 10.0 Å². The van der Waals surface area contributed by atoms with Crippen molar-refractivity contribution >= 4 is 27.4 Å². The molecule has 1 aromatic heterocycles. The normalized spacial score (nSPS) is 16.7. The predicted octanol–water partition coefficient (Wildman–Crippen LogP) is 2.68. The maximum absolute atomic E-state index is 12.8. The van der Waals surface area contributed by atoms with E-state index in [-0.39, 0.29) is 31.1 Å². The molecule has 3 rings (SSSR count). The maximum Gasteiger partial charge on any atom is 0.416 e. The minimum atomic E-state index is -4.43. The number of rotatable bonds is 3. The molecule has 140 valence electrons. The fraction of sp³-hybridized carbons (Fsp3) is 0.312. The topological polar surface area (TPSA) is 54.8 Å². The zero-order valence-corrected chi connectivity index (χ0v) is 15.1. The summed E-state index contributed by atoms with van der Waals surface area (Å²) in [4.78, 5) is 4.62. The van der Waals surface area contributed by atoms with E-state index in [0.29, 0.717) is 10.8 Å².